The van der Waals surface area contributed by atoms with Crippen molar-refractivity contribution in [3.05, 3.63) is 30.1 Å². The predicted octanol–water partition coefficient (Wildman–Crippen LogP) is 2.61. The largest absolute Gasteiger partial charge is 0.380 e. The van der Waals surface area contributed by atoms with Crippen LogP contribution in [0, 0.1) is 0 Å². The molecule has 0 atom stereocenters. The minimum atomic E-state index is 0. The SMILES string of the molecule is CCCCOCCN=C(NCC)NCCc1ccccn1.I. The van der Waals surface area contributed by atoms with E-state index >= 15 is 0 Å². The number of pyridine rings is 1. The summed E-state index contributed by atoms with van der Waals surface area (Å²) in [6.07, 6.45) is 4.99. The quantitative estimate of drug-likeness (QED) is 0.265. The zero-order chi connectivity index (χ0) is 15.2. The fourth-order valence-electron chi connectivity index (χ4n) is 1.77. The molecule has 2 N–H and O–H groups in total. The zero-order valence-electron chi connectivity index (χ0n) is 13.7. The Balaban J connectivity index is 0.00000441. The first-order chi connectivity index (χ1) is 10.4. The van der Waals surface area contributed by atoms with E-state index < -0.39 is 0 Å². The maximum atomic E-state index is 5.50. The molecule has 0 aliphatic heterocycles. The molecule has 0 saturated carbocycles. The van der Waals surface area contributed by atoms with Crippen LogP contribution in [0.25, 0.3) is 0 Å². The number of ether oxygens (including phenoxy) is 1. The lowest BCUT2D eigenvalue weighted by Crippen LogP contribution is -2.38. The Morgan fingerprint density at radius 1 is 1.23 bits per heavy atom. The van der Waals surface area contributed by atoms with Crippen LogP contribution < -0.4 is 10.6 Å². The second-order valence-electron chi connectivity index (χ2n) is 4.72. The molecule has 6 heteroatoms. The molecule has 0 spiro atoms. The number of aliphatic imine (C=N–C) groups is 1. The highest BCUT2D eigenvalue weighted by Gasteiger charge is 1.98. The van der Waals surface area contributed by atoms with Gasteiger partial charge in [-0.3, -0.25) is 9.98 Å². The molecule has 0 unspecified atom stereocenters. The number of nitrogens with zero attached hydrogens (tertiary/aromatic N) is 2. The molecule has 0 amide bonds. The molecule has 0 saturated heterocycles. The van der Waals surface area contributed by atoms with Gasteiger partial charge in [0.1, 0.15) is 0 Å². The van der Waals surface area contributed by atoms with Crippen molar-refractivity contribution in [2.24, 2.45) is 4.99 Å². The van der Waals surface area contributed by atoms with Gasteiger partial charge in [-0.2, -0.15) is 0 Å². The number of unbranched alkanes of at least 4 members (excludes halogenated alkanes) is 1. The van der Waals surface area contributed by atoms with E-state index in [4.69, 9.17) is 4.74 Å². The van der Waals surface area contributed by atoms with E-state index in [9.17, 15) is 0 Å². The molecule has 22 heavy (non-hydrogen) atoms. The average Bonchev–Trinajstić information content (AvgIpc) is 2.51. The first kappa shape index (κ1) is 21.1. The van der Waals surface area contributed by atoms with Crippen molar-refractivity contribution < 1.29 is 4.74 Å². The maximum absolute atomic E-state index is 5.50. The Labute approximate surface area is 151 Å². The summed E-state index contributed by atoms with van der Waals surface area (Å²) in [4.78, 5) is 8.80. The molecule has 0 radical (unpaired) electrons. The molecular weight excluding hydrogens is 391 g/mol. The lowest BCUT2D eigenvalue weighted by molar-refractivity contribution is 0.139. The monoisotopic (exact) mass is 420 g/mol. The number of hydrogen-bond acceptors (Lipinski definition) is 3. The van der Waals surface area contributed by atoms with E-state index in [1.165, 1.54) is 6.42 Å². The van der Waals surface area contributed by atoms with E-state index in [2.05, 4.69) is 34.5 Å². The maximum Gasteiger partial charge on any atom is 0.191 e. The number of aromatic nitrogens is 1. The number of nitrogens with one attached hydrogen (secondary N) is 2. The van der Waals surface area contributed by atoms with Crippen LogP contribution in [0.5, 0.6) is 0 Å². The van der Waals surface area contributed by atoms with Gasteiger partial charge in [-0.1, -0.05) is 19.4 Å². The Morgan fingerprint density at radius 2 is 2.09 bits per heavy atom. The molecule has 126 valence electrons. The van der Waals surface area contributed by atoms with E-state index in [1.807, 2.05) is 24.4 Å². The number of halogens is 1. The average molecular weight is 420 g/mol. The standard InChI is InChI=1S/C16H28N4O.HI/c1-3-5-13-21-14-12-20-16(17-4-2)19-11-9-15-8-6-7-10-18-15;/h6-8,10H,3-5,9,11-14H2,1-2H3,(H2,17,19,20);1H. The Kier molecular flexibility index (Phi) is 14.4. The second kappa shape index (κ2) is 15.0. The van der Waals surface area contributed by atoms with E-state index in [-0.39, 0.29) is 24.0 Å². The summed E-state index contributed by atoms with van der Waals surface area (Å²) in [7, 11) is 0. The van der Waals surface area contributed by atoms with E-state index in [1.54, 1.807) is 0 Å². The molecule has 0 aliphatic rings. The normalized spacial score (nSPS) is 10.9. The smallest absolute Gasteiger partial charge is 0.191 e. The van der Waals surface area contributed by atoms with Crippen LogP contribution in [0.1, 0.15) is 32.4 Å². The molecule has 1 rings (SSSR count). The second-order valence-corrected chi connectivity index (χ2v) is 4.72. The van der Waals surface area contributed by atoms with Gasteiger partial charge in [-0.05, 0) is 25.5 Å². The highest BCUT2D eigenvalue weighted by atomic mass is 127. The summed E-state index contributed by atoms with van der Waals surface area (Å²) in [5.74, 6) is 0.840. The van der Waals surface area contributed by atoms with Gasteiger partial charge >= 0.3 is 0 Å². The fraction of sp³-hybridized carbons (Fsp3) is 0.625. The van der Waals surface area contributed by atoms with Gasteiger partial charge in [0.05, 0.1) is 13.2 Å². The van der Waals surface area contributed by atoms with Crippen molar-refractivity contribution in [1.82, 2.24) is 15.6 Å². The van der Waals surface area contributed by atoms with Crippen LogP contribution in [0.4, 0.5) is 0 Å². The minimum Gasteiger partial charge on any atom is -0.380 e. The predicted molar refractivity (Wildman–Crippen MR) is 103 cm³/mol. The van der Waals surface area contributed by atoms with Crippen LogP contribution in [-0.2, 0) is 11.2 Å². The summed E-state index contributed by atoms with van der Waals surface area (Å²) in [5.41, 5.74) is 1.09. The molecule has 1 aromatic rings. The van der Waals surface area contributed by atoms with Crippen molar-refractivity contribution >= 4 is 29.9 Å². The Hall–Kier alpha value is -0.890. The van der Waals surface area contributed by atoms with E-state index in [0.29, 0.717) is 13.2 Å². The summed E-state index contributed by atoms with van der Waals surface area (Å²) in [5, 5.41) is 6.55. The molecule has 0 aromatic carbocycles. The highest BCUT2D eigenvalue weighted by Crippen LogP contribution is 1.93. The summed E-state index contributed by atoms with van der Waals surface area (Å²) < 4.78 is 5.50. The van der Waals surface area contributed by atoms with Crippen LogP contribution in [0.3, 0.4) is 0 Å². The first-order valence-electron chi connectivity index (χ1n) is 7.86. The molecule has 1 aromatic heterocycles. The number of hydrogen-bond donors (Lipinski definition) is 2. The molecule has 1 heterocycles. The van der Waals surface area contributed by atoms with Gasteiger partial charge < -0.3 is 15.4 Å². The van der Waals surface area contributed by atoms with Crippen molar-refractivity contribution in [3.8, 4) is 0 Å². The van der Waals surface area contributed by atoms with Gasteiger partial charge in [0.25, 0.3) is 0 Å². The van der Waals surface area contributed by atoms with Crippen LogP contribution in [-0.4, -0.2) is 43.8 Å². The number of guanidine groups is 1. The van der Waals surface area contributed by atoms with Gasteiger partial charge in [0.2, 0.25) is 0 Å². The summed E-state index contributed by atoms with van der Waals surface area (Å²) in [6.45, 7) is 8.09. The number of rotatable bonds is 10. The van der Waals surface area contributed by atoms with E-state index in [0.717, 1.165) is 44.2 Å². The minimum absolute atomic E-state index is 0. The summed E-state index contributed by atoms with van der Waals surface area (Å²) in [6, 6.07) is 5.98. The van der Waals surface area contributed by atoms with Crippen molar-refractivity contribution in [2.75, 3.05) is 32.8 Å². The Bertz CT molecular complexity index is 387. The van der Waals surface area contributed by atoms with Crippen molar-refractivity contribution in [2.45, 2.75) is 33.1 Å². The van der Waals surface area contributed by atoms with Crippen LogP contribution in [0.15, 0.2) is 29.4 Å². The van der Waals surface area contributed by atoms with Crippen LogP contribution in [0.2, 0.25) is 0 Å². The first-order valence-corrected chi connectivity index (χ1v) is 7.86. The fourth-order valence-corrected chi connectivity index (χ4v) is 1.77. The highest BCUT2D eigenvalue weighted by molar-refractivity contribution is 14.0. The lowest BCUT2D eigenvalue weighted by atomic mass is 10.3. The molecule has 0 fully saturated rings. The van der Waals surface area contributed by atoms with Gasteiger partial charge in [-0.15, -0.1) is 24.0 Å². The third-order valence-corrected chi connectivity index (χ3v) is 2.89. The molecule has 0 bridgehead atoms. The van der Waals surface area contributed by atoms with Gasteiger partial charge in [0, 0.05) is 38.0 Å². The third kappa shape index (κ3) is 10.8. The summed E-state index contributed by atoms with van der Waals surface area (Å²) >= 11 is 0. The Morgan fingerprint density at radius 3 is 2.77 bits per heavy atom. The lowest BCUT2D eigenvalue weighted by Gasteiger charge is -2.11. The molecular formula is C16H29IN4O. The third-order valence-electron chi connectivity index (χ3n) is 2.89. The zero-order valence-corrected chi connectivity index (χ0v) is 16.0. The van der Waals surface area contributed by atoms with Crippen molar-refractivity contribution in [1.29, 1.82) is 0 Å². The molecule has 0 aliphatic carbocycles. The topological polar surface area (TPSA) is 58.5 Å². The van der Waals surface area contributed by atoms with Gasteiger partial charge in [0.15, 0.2) is 5.96 Å². The van der Waals surface area contributed by atoms with Crippen molar-refractivity contribution in [3.63, 3.8) is 0 Å². The van der Waals surface area contributed by atoms with Crippen LogP contribution >= 0.6 is 24.0 Å². The molecule has 5 nitrogen and oxygen atoms in total. The van der Waals surface area contributed by atoms with Gasteiger partial charge in [-0.25, -0.2) is 0 Å².